The summed E-state index contributed by atoms with van der Waals surface area (Å²) in [7, 11) is 2.16. The van der Waals surface area contributed by atoms with Crippen molar-refractivity contribution < 1.29 is 4.74 Å². The van der Waals surface area contributed by atoms with Crippen LogP contribution in [-0.4, -0.2) is 70.9 Å². The highest BCUT2D eigenvalue weighted by Crippen LogP contribution is 2.35. The molecule has 4 heterocycles. The van der Waals surface area contributed by atoms with Crippen molar-refractivity contribution in [2.45, 2.75) is 25.8 Å². The van der Waals surface area contributed by atoms with Gasteiger partial charge in [0.05, 0.1) is 0 Å². The van der Waals surface area contributed by atoms with Gasteiger partial charge >= 0.3 is 0 Å². The average molecular weight is 463 g/mol. The second-order valence-corrected chi connectivity index (χ2v) is 8.65. The maximum atomic E-state index is 6.33. The molecule has 2 saturated heterocycles. The van der Waals surface area contributed by atoms with Crippen molar-refractivity contribution in [2.75, 3.05) is 51.3 Å². The molecule has 2 aromatic heterocycles. The largest absolute Gasteiger partial charge is 0.381 e. The number of halogens is 2. The number of hydrogen-bond acceptors (Lipinski definition) is 6. The first kappa shape index (κ1) is 22.3. The lowest BCUT2D eigenvalue weighted by atomic mass is 10.1. The van der Waals surface area contributed by atoms with E-state index in [0.717, 1.165) is 86.4 Å². The fourth-order valence-corrected chi connectivity index (χ4v) is 4.61. The zero-order chi connectivity index (χ0) is 20.7. The first-order valence-electron chi connectivity index (χ1n) is 10.6. The van der Waals surface area contributed by atoms with Gasteiger partial charge in [0, 0.05) is 56.0 Å². The summed E-state index contributed by atoms with van der Waals surface area (Å²) in [6, 6.07) is 8.22. The van der Waals surface area contributed by atoms with Crippen LogP contribution in [0.4, 0.5) is 5.82 Å². The van der Waals surface area contributed by atoms with E-state index in [2.05, 4.69) is 27.5 Å². The van der Waals surface area contributed by atoms with E-state index in [0.29, 0.717) is 11.1 Å². The van der Waals surface area contributed by atoms with Gasteiger partial charge in [0.1, 0.15) is 11.6 Å². The van der Waals surface area contributed by atoms with Gasteiger partial charge in [-0.05, 0) is 38.9 Å². The highest BCUT2D eigenvalue weighted by atomic mass is 35.5. The lowest BCUT2D eigenvalue weighted by Crippen LogP contribution is -2.45. The smallest absolute Gasteiger partial charge is 0.166 e. The number of ether oxygens (including phenoxy) is 1. The first-order chi connectivity index (χ1) is 14.6. The molecule has 5 rings (SSSR count). The molecule has 0 atom stereocenters. The van der Waals surface area contributed by atoms with Crippen molar-refractivity contribution in [1.29, 1.82) is 0 Å². The Labute approximate surface area is 193 Å². The molecule has 2 aliphatic rings. The molecule has 9 heteroatoms. The number of aromatic nitrogens is 4. The van der Waals surface area contributed by atoms with E-state index in [1.165, 1.54) is 0 Å². The zero-order valence-electron chi connectivity index (χ0n) is 17.9. The molecule has 0 amide bonds. The van der Waals surface area contributed by atoms with Gasteiger partial charge in [0.25, 0.3) is 0 Å². The molecule has 2 fully saturated rings. The number of nitrogens with zero attached hydrogens (tertiary/aromatic N) is 6. The quantitative estimate of drug-likeness (QED) is 0.586. The van der Waals surface area contributed by atoms with E-state index in [1.54, 1.807) is 0 Å². The molecule has 7 nitrogen and oxygen atoms in total. The third-order valence-corrected chi connectivity index (χ3v) is 6.31. The fourth-order valence-electron chi connectivity index (χ4n) is 4.42. The minimum atomic E-state index is 0. The molecule has 2 aliphatic heterocycles. The maximum Gasteiger partial charge on any atom is 0.166 e. The zero-order valence-corrected chi connectivity index (χ0v) is 19.5. The normalized spacial score (nSPS) is 18.4. The molecule has 3 aromatic rings. The van der Waals surface area contributed by atoms with Crippen molar-refractivity contribution in [1.82, 2.24) is 24.4 Å². The Morgan fingerprint density at radius 3 is 2.48 bits per heavy atom. The molecule has 0 saturated carbocycles. The summed E-state index contributed by atoms with van der Waals surface area (Å²) in [6.07, 6.45) is 1.90. The van der Waals surface area contributed by atoms with E-state index in [9.17, 15) is 0 Å². The second kappa shape index (κ2) is 9.28. The van der Waals surface area contributed by atoms with Gasteiger partial charge in [-0.15, -0.1) is 12.4 Å². The molecular formula is C22H28Cl2N6O. The van der Waals surface area contributed by atoms with Crippen LogP contribution in [0.5, 0.6) is 0 Å². The Hall–Kier alpha value is -1.93. The molecular weight excluding hydrogens is 435 g/mol. The average Bonchev–Trinajstić information content (AvgIpc) is 3.14. The second-order valence-electron chi connectivity index (χ2n) is 8.22. The van der Waals surface area contributed by atoms with Gasteiger partial charge in [-0.3, -0.25) is 0 Å². The Kier molecular flexibility index (Phi) is 6.67. The van der Waals surface area contributed by atoms with Crippen LogP contribution < -0.4 is 4.90 Å². The van der Waals surface area contributed by atoms with Crippen molar-refractivity contribution in [3.8, 4) is 11.4 Å². The first-order valence-corrected chi connectivity index (χ1v) is 11.0. The number of benzene rings is 1. The van der Waals surface area contributed by atoms with Crippen LogP contribution in [0.25, 0.3) is 22.6 Å². The van der Waals surface area contributed by atoms with Crippen molar-refractivity contribution in [2.24, 2.45) is 0 Å². The number of likely N-dealkylation sites (N-methyl/N-ethyl adjacent to an activating group) is 1. The molecule has 1 aromatic carbocycles. The Morgan fingerprint density at radius 2 is 1.77 bits per heavy atom. The summed E-state index contributed by atoms with van der Waals surface area (Å²) in [5.74, 6) is 2.64. The number of anilines is 1. The van der Waals surface area contributed by atoms with Crippen LogP contribution in [0.15, 0.2) is 24.3 Å². The van der Waals surface area contributed by atoms with Crippen molar-refractivity contribution in [3.63, 3.8) is 0 Å². The van der Waals surface area contributed by atoms with E-state index in [1.807, 2.05) is 25.1 Å². The van der Waals surface area contributed by atoms with Crippen molar-refractivity contribution >= 4 is 41.0 Å². The molecule has 0 spiro atoms. The Balaban J connectivity index is 0.00000231. The Morgan fingerprint density at radius 1 is 1.03 bits per heavy atom. The number of imidazole rings is 1. The van der Waals surface area contributed by atoms with Crippen LogP contribution in [0.1, 0.15) is 24.7 Å². The maximum absolute atomic E-state index is 6.33. The van der Waals surface area contributed by atoms with Gasteiger partial charge in [-0.1, -0.05) is 23.7 Å². The van der Waals surface area contributed by atoms with Gasteiger partial charge < -0.3 is 19.1 Å². The van der Waals surface area contributed by atoms with Crippen LogP contribution in [-0.2, 0) is 4.74 Å². The number of aryl methyl sites for hydroxylation is 1. The Bertz CT molecular complexity index is 1060. The van der Waals surface area contributed by atoms with Crippen molar-refractivity contribution in [3.05, 3.63) is 35.1 Å². The van der Waals surface area contributed by atoms with Gasteiger partial charge in [0.15, 0.2) is 17.0 Å². The van der Waals surface area contributed by atoms with Crippen LogP contribution in [0, 0.1) is 6.92 Å². The molecule has 166 valence electrons. The lowest BCUT2D eigenvalue weighted by molar-refractivity contribution is 0.0708. The predicted molar refractivity (Wildman–Crippen MR) is 127 cm³/mol. The summed E-state index contributed by atoms with van der Waals surface area (Å²) in [6.45, 7) is 7.42. The summed E-state index contributed by atoms with van der Waals surface area (Å²) in [4.78, 5) is 19.5. The lowest BCUT2D eigenvalue weighted by Gasteiger charge is -2.33. The highest BCUT2D eigenvalue weighted by Gasteiger charge is 2.27. The standard InChI is InChI=1S/C22H27ClN6O.ClH/c1-15-24-21(28-10-8-27(2)9-11-28)19-22(25-15)29(18-6-12-30-13-7-18)20(26-19)16-4-3-5-17(23)14-16;/h3-5,14,18H,6-13H2,1-2H3;1H. The number of rotatable bonds is 3. The monoisotopic (exact) mass is 462 g/mol. The van der Waals surface area contributed by atoms with E-state index in [-0.39, 0.29) is 12.4 Å². The van der Waals surface area contributed by atoms with E-state index in [4.69, 9.17) is 31.3 Å². The topological polar surface area (TPSA) is 59.3 Å². The molecule has 0 bridgehead atoms. The predicted octanol–water partition coefficient (Wildman–Crippen LogP) is 3.98. The van der Waals surface area contributed by atoms with Crippen LogP contribution in [0.3, 0.4) is 0 Å². The minimum Gasteiger partial charge on any atom is -0.381 e. The number of fused-ring (bicyclic) bond motifs is 1. The minimum absolute atomic E-state index is 0. The fraction of sp³-hybridized carbons (Fsp3) is 0.500. The molecule has 0 aliphatic carbocycles. The number of hydrogen-bond donors (Lipinski definition) is 0. The van der Waals surface area contributed by atoms with Gasteiger partial charge in [-0.25, -0.2) is 15.0 Å². The van der Waals surface area contributed by atoms with Gasteiger partial charge in [0.2, 0.25) is 0 Å². The summed E-state index contributed by atoms with van der Waals surface area (Å²) < 4.78 is 7.93. The number of piperazine rings is 1. The van der Waals surface area contributed by atoms with E-state index >= 15 is 0 Å². The molecule has 0 N–H and O–H groups in total. The summed E-state index contributed by atoms with van der Waals surface area (Å²) in [5, 5.41) is 0.708. The van der Waals surface area contributed by atoms with Crippen LogP contribution in [0.2, 0.25) is 5.02 Å². The third-order valence-electron chi connectivity index (χ3n) is 6.07. The third kappa shape index (κ3) is 4.37. The summed E-state index contributed by atoms with van der Waals surface area (Å²) >= 11 is 6.33. The van der Waals surface area contributed by atoms with Gasteiger partial charge in [-0.2, -0.15) is 0 Å². The van der Waals surface area contributed by atoms with E-state index < -0.39 is 0 Å². The molecule has 0 unspecified atom stereocenters. The van der Waals surface area contributed by atoms with Crippen LogP contribution >= 0.6 is 24.0 Å². The molecule has 0 radical (unpaired) electrons. The molecule has 31 heavy (non-hydrogen) atoms. The highest BCUT2D eigenvalue weighted by molar-refractivity contribution is 6.30. The SMILES string of the molecule is Cc1nc(N2CCN(C)CC2)c2nc(-c3cccc(Cl)c3)n(C3CCOCC3)c2n1.Cl. The summed E-state index contributed by atoms with van der Waals surface area (Å²) in [5.41, 5.74) is 2.80.